The Kier molecular flexibility index (Phi) is 7.33. The molecule has 0 saturated heterocycles. The zero-order valence-corrected chi connectivity index (χ0v) is 17.1. The van der Waals surface area contributed by atoms with Crippen LogP contribution in [-0.2, 0) is 14.4 Å². The lowest BCUT2D eigenvalue weighted by Crippen LogP contribution is -2.56. The van der Waals surface area contributed by atoms with E-state index in [4.69, 9.17) is 0 Å². The Morgan fingerprint density at radius 1 is 0.758 bits per heavy atom. The summed E-state index contributed by atoms with van der Waals surface area (Å²) in [6.45, 7) is 0. The van der Waals surface area contributed by atoms with Crippen LogP contribution in [0.4, 0.5) is 43.9 Å². The van der Waals surface area contributed by atoms with E-state index >= 15 is 0 Å². The first-order valence-electron chi connectivity index (χ1n) is 8.14. The maximum Gasteiger partial charge on any atom is 0.536 e. The van der Waals surface area contributed by atoms with Crippen molar-refractivity contribution >= 4 is 27.6 Å². The highest BCUT2D eigenvalue weighted by atomic mass is 32.2. The summed E-state index contributed by atoms with van der Waals surface area (Å²) in [5.41, 5.74) is -10.2. The van der Waals surface area contributed by atoms with Gasteiger partial charge in [-0.25, -0.2) is 0 Å². The smallest absolute Gasteiger partial charge is 0.261 e. The molecule has 0 aliphatic carbocycles. The minimum absolute atomic E-state index is 0.263. The molecule has 0 spiro atoms. The van der Waals surface area contributed by atoms with E-state index in [1.165, 1.54) is 0 Å². The second kappa shape index (κ2) is 9.04. The van der Waals surface area contributed by atoms with Crippen LogP contribution >= 0.6 is 11.8 Å². The predicted molar refractivity (Wildman–Crippen MR) is 95.6 cm³/mol. The van der Waals surface area contributed by atoms with Crippen molar-refractivity contribution in [3.63, 3.8) is 0 Å². The molecule has 0 atom stereocenters. The molecule has 4 nitrogen and oxygen atoms in total. The van der Waals surface area contributed by atoms with Crippen LogP contribution in [0.25, 0.3) is 0 Å². The third-order valence-electron chi connectivity index (χ3n) is 3.66. The summed E-state index contributed by atoms with van der Waals surface area (Å²) < 4.78 is 155. The van der Waals surface area contributed by atoms with Gasteiger partial charge in [-0.1, -0.05) is 47.2 Å². The van der Waals surface area contributed by atoms with Crippen molar-refractivity contribution in [2.75, 3.05) is 0 Å². The number of rotatable bonds is 7. The van der Waals surface area contributed by atoms with Gasteiger partial charge >= 0.3 is 33.6 Å². The largest absolute Gasteiger partial charge is 0.536 e. The Bertz CT molecular complexity index is 1100. The van der Waals surface area contributed by atoms with Crippen molar-refractivity contribution in [2.24, 2.45) is 5.16 Å². The van der Waals surface area contributed by atoms with Gasteiger partial charge in [-0.15, -0.1) is 0 Å². The van der Waals surface area contributed by atoms with Gasteiger partial charge in [0.05, 0.1) is 0 Å². The molecule has 33 heavy (non-hydrogen) atoms. The molecule has 0 aliphatic heterocycles. The van der Waals surface area contributed by atoms with Gasteiger partial charge in [-0.2, -0.15) is 52.3 Å². The molecule has 0 fully saturated rings. The summed E-state index contributed by atoms with van der Waals surface area (Å²) in [6.07, 6.45) is -6.87. The quantitative estimate of drug-likeness (QED) is 0.185. The van der Waals surface area contributed by atoms with Crippen LogP contribution in [0.15, 0.2) is 69.5 Å². The highest BCUT2D eigenvalue weighted by Gasteiger charge is 2.75. The fourth-order valence-corrected chi connectivity index (χ4v) is 3.15. The van der Waals surface area contributed by atoms with E-state index in [0.717, 1.165) is 23.9 Å². The molecular weight excluding hydrogens is 520 g/mol. The van der Waals surface area contributed by atoms with Crippen molar-refractivity contribution in [1.82, 2.24) is 0 Å². The normalized spacial score (nSPS) is 14.3. The van der Waals surface area contributed by atoms with Crippen molar-refractivity contribution in [2.45, 2.75) is 33.3 Å². The zero-order chi connectivity index (χ0) is 25.3. The van der Waals surface area contributed by atoms with Crippen LogP contribution in [0, 0.1) is 0 Å². The summed E-state index contributed by atoms with van der Waals surface area (Å²) in [5, 5.41) is 1.87. The second-order valence-electron chi connectivity index (χ2n) is 6.00. The molecule has 0 aliphatic rings. The first kappa shape index (κ1) is 26.8. The number of benzene rings is 2. The lowest BCUT2D eigenvalue weighted by molar-refractivity contribution is -0.336. The predicted octanol–water partition coefficient (Wildman–Crippen LogP) is 6.24. The average Bonchev–Trinajstić information content (AvgIpc) is 2.68. The number of nitrogens with zero attached hydrogens (tertiary/aromatic N) is 1. The van der Waals surface area contributed by atoms with E-state index < -0.39 is 44.9 Å². The van der Waals surface area contributed by atoms with Gasteiger partial charge in [0.25, 0.3) is 0 Å². The fraction of sp³-hybridized carbons (Fsp3) is 0.235. The number of halogens is 10. The van der Waals surface area contributed by atoms with Crippen LogP contribution in [0.5, 0.6) is 0 Å². The van der Waals surface area contributed by atoms with Gasteiger partial charge in [-0.3, -0.25) is 4.28 Å². The number of hydrogen-bond acceptors (Lipinski definition) is 5. The number of oxime groups is 1. The first-order chi connectivity index (χ1) is 14.9. The van der Waals surface area contributed by atoms with Gasteiger partial charge < -0.3 is 0 Å². The summed E-state index contributed by atoms with van der Waals surface area (Å²) in [6, 6.07) is 11.2. The molecular formula is C17H9F10NO3S2. The van der Waals surface area contributed by atoms with Crippen LogP contribution in [0.3, 0.4) is 0 Å². The van der Waals surface area contributed by atoms with E-state index in [2.05, 4.69) is 4.28 Å². The molecule has 0 bridgehead atoms. The molecule has 0 N–H and O–H groups in total. The molecule has 0 saturated carbocycles. The fourth-order valence-electron chi connectivity index (χ4n) is 2.05. The molecule has 0 aromatic heterocycles. The van der Waals surface area contributed by atoms with Crippen LogP contribution in [-0.4, -0.2) is 37.7 Å². The molecule has 16 heteroatoms. The summed E-state index contributed by atoms with van der Waals surface area (Å²) in [4.78, 5) is 0.881. The van der Waals surface area contributed by atoms with Gasteiger partial charge in [0.15, 0.2) is 5.71 Å². The molecule has 182 valence electrons. The van der Waals surface area contributed by atoms with Crippen molar-refractivity contribution in [3.8, 4) is 0 Å². The number of hydrogen-bond donors (Lipinski definition) is 0. The average molecular weight is 529 g/mol. The van der Waals surface area contributed by atoms with E-state index in [0.29, 0.717) is 17.0 Å². The molecule has 0 amide bonds. The Morgan fingerprint density at radius 2 is 1.24 bits per heavy atom. The zero-order valence-electron chi connectivity index (χ0n) is 15.5. The first-order valence-corrected chi connectivity index (χ1v) is 10.4. The Hall–Kier alpha value is -2.49. The van der Waals surface area contributed by atoms with Crippen molar-refractivity contribution < 1.29 is 56.6 Å². The molecule has 2 aromatic carbocycles. The van der Waals surface area contributed by atoms with Crippen molar-refractivity contribution in [1.29, 1.82) is 0 Å². The van der Waals surface area contributed by atoms with Crippen LogP contribution in [0.1, 0.15) is 5.56 Å². The SMILES string of the molecule is O=S(=O)(ON=C(c1ccc(Sc2ccccc2)cc1)C(F)(F)C(F)(F)C(F)(F)F)C(F)(F)F. The molecule has 0 radical (unpaired) electrons. The lowest BCUT2D eigenvalue weighted by Gasteiger charge is -2.28. The van der Waals surface area contributed by atoms with Gasteiger partial charge in [0.2, 0.25) is 0 Å². The minimum atomic E-state index is -6.87. The molecule has 2 rings (SSSR count). The molecule has 2 aromatic rings. The van der Waals surface area contributed by atoms with E-state index in [1.807, 2.05) is 5.16 Å². The Morgan fingerprint density at radius 3 is 1.70 bits per heavy atom. The summed E-state index contributed by atoms with van der Waals surface area (Å²) in [5.74, 6) is -13.2. The van der Waals surface area contributed by atoms with E-state index in [1.54, 1.807) is 30.3 Å². The highest BCUT2D eigenvalue weighted by Crippen LogP contribution is 2.48. The second-order valence-corrected chi connectivity index (χ2v) is 8.67. The highest BCUT2D eigenvalue weighted by molar-refractivity contribution is 7.99. The molecule has 0 heterocycles. The van der Waals surface area contributed by atoms with Crippen LogP contribution < -0.4 is 0 Å². The summed E-state index contributed by atoms with van der Waals surface area (Å²) in [7, 11) is -6.74. The summed E-state index contributed by atoms with van der Waals surface area (Å²) >= 11 is 1.01. The third kappa shape index (κ3) is 5.72. The van der Waals surface area contributed by atoms with E-state index in [9.17, 15) is 52.3 Å². The van der Waals surface area contributed by atoms with Gasteiger partial charge in [0.1, 0.15) is 0 Å². The molecule has 0 unspecified atom stereocenters. The maximum atomic E-state index is 14.2. The minimum Gasteiger partial charge on any atom is -0.261 e. The standard InChI is InChI=1S/C17H9F10NO3S2/c18-14(19,15(20,21)16(22,23)24)13(28-31-33(29,30)17(25,26)27)10-6-8-12(9-7-10)32-11-4-2-1-3-5-11/h1-9H. The maximum absolute atomic E-state index is 14.2. The lowest BCUT2D eigenvalue weighted by atomic mass is 9.99. The van der Waals surface area contributed by atoms with Crippen molar-refractivity contribution in [3.05, 3.63) is 60.2 Å². The van der Waals surface area contributed by atoms with Gasteiger partial charge in [0, 0.05) is 15.4 Å². The van der Waals surface area contributed by atoms with E-state index in [-0.39, 0.29) is 4.90 Å². The van der Waals surface area contributed by atoms with Gasteiger partial charge in [-0.05, 0) is 24.3 Å². The topological polar surface area (TPSA) is 55.7 Å². The third-order valence-corrected chi connectivity index (χ3v) is 5.52. The van der Waals surface area contributed by atoms with Crippen LogP contribution in [0.2, 0.25) is 0 Å². The number of alkyl halides is 10. The Balaban J connectivity index is 2.54. The monoisotopic (exact) mass is 529 g/mol. The Labute approximate surface area is 183 Å².